The van der Waals surface area contributed by atoms with Crippen molar-refractivity contribution in [3.63, 3.8) is 0 Å². The predicted octanol–water partition coefficient (Wildman–Crippen LogP) is 4.43. The molecule has 0 amide bonds. The van der Waals surface area contributed by atoms with Gasteiger partial charge < -0.3 is 4.90 Å². The zero-order valence-corrected chi connectivity index (χ0v) is 12.1. The SMILES string of the molecule is C=C/C(CC)=C(\C=C)CN(C)CC(C)CCC. The normalized spacial score (nSPS) is 14.4. The van der Waals surface area contributed by atoms with Gasteiger partial charge in [0.25, 0.3) is 0 Å². The van der Waals surface area contributed by atoms with Crippen molar-refractivity contribution < 1.29 is 0 Å². The van der Waals surface area contributed by atoms with Gasteiger partial charge in [0, 0.05) is 13.1 Å². The predicted molar refractivity (Wildman–Crippen MR) is 79.3 cm³/mol. The Morgan fingerprint density at radius 2 is 1.76 bits per heavy atom. The molecule has 98 valence electrons. The van der Waals surface area contributed by atoms with Crippen LogP contribution in [0, 0.1) is 5.92 Å². The van der Waals surface area contributed by atoms with Crippen molar-refractivity contribution in [1.29, 1.82) is 0 Å². The lowest BCUT2D eigenvalue weighted by Gasteiger charge is -2.22. The Morgan fingerprint density at radius 1 is 1.18 bits per heavy atom. The van der Waals surface area contributed by atoms with Crippen LogP contribution in [-0.2, 0) is 0 Å². The van der Waals surface area contributed by atoms with Gasteiger partial charge in [-0.2, -0.15) is 0 Å². The summed E-state index contributed by atoms with van der Waals surface area (Å²) in [7, 11) is 2.19. The molecule has 0 saturated heterocycles. The van der Waals surface area contributed by atoms with E-state index in [1.165, 1.54) is 24.0 Å². The summed E-state index contributed by atoms with van der Waals surface area (Å²) in [6, 6.07) is 0. The number of hydrogen-bond donors (Lipinski definition) is 0. The van der Waals surface area contributed by atoms with E-state index in [2.05, 4.69) is 45.9 Å². The first-order chi connectivity index (χ1) is 8.08. The molecule has 0 aliphatic rings. The Kier molecular flexibility index (Phi) is 8.79. The van der Waals surface area contributed by atoms with Gasteiger partial charge in [-0.3, -0.25) is 0 Å². The van der Waals surface area contributed by atoms with Crippen molar-refractivity contribution in [3.05, 3.63) is 36.5 Å². The Morgan fingerprint density at radius 3 is 2.18 bits per heavy atom. The van der Waals surface area contributed by atoms with Crippen LogP contribution < -0.4 is 0 Å². The Balaban J connectivity index is 4.43. The van der Waals surface area contributed by atoms with E-state index in [1.54, 1.807) is 0 Å². The molecule has 0 aliphatic carbocycles. The lowest BCUT2D eigenvalue weighted by atomic mass is 10.0. The largest absolute Gasteiger partial charge is 0.302 e. The first-order valence-electron chi connectivity index (χ1n) is 6.74. The third-order valence-corrected chi connectivity index (χ3v) is 3.13. The second kappa shape index (κ2) is 9.23. The van der Waals surface area contributed by atoms with E-state index in [0.29, 0.717) is 0 Å². The van der Waals surface area contributed by atoms with Gasteiger partial charge in [-0.05, 0) is 37.0 Å². The second-order valence-electron chi connectivity index (χ2n) is 4.90. The fourth-order valence-corrected chi connectivity index (χ4v) is 2.27. The highest BCUT2D eigenvalue weighted by Crippen LogP contribution is 2.14. The van der Waals surface area contributed by atoms with Gasteiger partial charge in [-0.25, -0.2) is 0 Å². The molecule has 0 saturated carbocycles. The molecule has 1 atom stereocenters. The van der Waals surface area contributed by atoms with Crippen molar-refractivity contribution in [2.75, 3.05) is 20.1 Å². The van der Waals surface area contributed by atoms with Gasteiger partial charge in [0.05, 0.1) is 0 Å². The van der Waals surface area contributed by atoms with Gasteiger partial charge >= 0.3 is 0 Å². The lowest BCUT2D eigenvalue weighted by molar-refractivity contribution is 0.297. The van der Waals surface area contributed by atoms with Crippen molar-refractivity contribution in [3.8, 4) is 0 Å². The molecule has 1 unspecified atom stereocenters. The maximum Gasteiger partial charge on any atom is 0.0233 e. The molecule has 0 fully saturated rings. The van der Waals surface area contributed by atoms with Gasteiger partial charge in [0.2, 0.25) is 0 Å². The third kappa shape index (κ3) is 6.48. The molecular formula is C16H29N. The van der Waals surface area contributed by atoms with Crippen LogP contribution in [0.2, 0.25) is 0 Å². The van der Waals surface area contributed by atoms with E-state index in [-0.39, 0.29) is 0 Å². The fraction of sp³-hybridized carbons (Fsp3) is 0.625. The molecule has 1 heteroatoms. The van der Waals surface area contributed by atoms with Crippen LogP contribution in [0.4, 0.5) is 0 Å². The number of rotatable bonds is 9. The number of nitrogens with zero attached hydrogens (tertiary/aromatic N) is 1. The maximum atomic E-state index is 3.91. The van der Waals surface area contributed by atoms with E-state index in [4.69, 9.17) is 0 Å². The van der Waals surface area contributed by atoms with Crippen molar-refractivity contribution in [2.24, 2.45) is 5.92 Å². The van der Waals surface area contributed by atoms with Crippen LogP contribution >= 0.6 is 0 Å². The molecule has 0 radical (unpaired) electrons. The minimum Gasteiger partial charge on any atom is -0.302 e. The van der Waals surface area contributed by atoms with Gasteiger partial charge in [0.1, 0.15) is 0 Å². The average Bonchev–Trinajstić information content (AvgIpc) is 2.29. The summed E-state index contributed by atoms with van der Waals surface area (Å²) >= 11 is 0. The van der Waals surface area contributed by atoms with Crippen LogP contribution in [0.15, 0.2) is 36.5 Å². The summed E-state index contributed by atoms with van der Waals surface area (Å²) < 4.78 is 0. The average molecular weight is 235 g/mol. The molecule has 0 rings (SSSR count). The molecule has 0 spiro atoms. The van der Waals surface area contributed by atoms with E-state index < -0.39 is 0 Å². The zero-order valence-electron chi connectivity index (χ0n) is 12.1. The summed E-state index contributed by atoms with van der Waals surface area (Å²) in [6.45, 7) is 16.7. The Hall–Kier alpha value is -0.820. The van der Waals surface area contributed by atoms with Crippen LogP contribution in [0.25, 0.3) is 0 Å². The Labute approximate surface area is 108 Å². The number of hydrogen-bond acceptors (Lipinski definition) is 1. The summed E-state index contributed by atoms with van der Waals surface area (Å²) in [5, 5.41) is 0. The minimum atomic E-state index is 0.768. The van der Waals surface area contributed by atoms with Gasteiger partial charge in [-0.15, -0.1) is 0 Å². The van der Waals surface area contributed by atoms with Crippen molar-refractivity contribution in [2.45, 2.75) is 40.0 Å². The number of allylic oxidation sites excluding steroid dienone is 2. The quantitative estimate of drug-likeness (QED) is 0.534. The standard InChI is InChI=1S/C16H29N/c1-7-11-14(5)12-17(6)13-16(10-4)15(8-2)9-3/h8,10,14H,2,4,7,9,11-13H2,1,3,5-6H3/b16-15-. The molecule has 0 bridgehead atoms. The van der Waals surface area contributed by atoms with Crippen LogP contribution in [0.1, 0.15) is 40.0 Å². The molecule has 0 aliphatic heterocycles. The molecular weight excluding hydrogens is 206 g/mol. The summed E-state index contributed by atoms with van der Waals surface area (Å²) in [4.78, 5) is 2.39. The fourth-order valence-electron chi connectivity index (χ4n) is 2.27. The molecule has 0 N–H and O–H groups in total. The van der Waals surface area contributed by atoms with Gasteiger partial charge in [-0.1, -0.05) is 52.5 Å². The first-order valence-corrected chi connectivity index (χ1v) is 6.74. The molecule has 0 aromatic carbocycles. The molecule has 17 heavy (non-hydrogen) atoms. The third-order valence-electron chi connectivity index (χ3n) is 3.13. The minimum absolute atomic E-state index is 0.768. The molecule has 0 aromatic rings. The van der Waals surface area contributed by atoms with E-state index in [0.717, 1.165) is 25.4 Å². The van der Waals surface area contributed by atoms with Crippen molar-refractivity contribution in [1.82, 2.24) is 4.90 Å². The van der Waals surface area contributed by atoms with Crippen LogP contribution in [0.5, 0.6) is 0 Å². The highest BCUT2D eigenvalue weighted by atomic mass is 15.1. The maximum absolute atomic E-state index is 3.91. The van der Waals surface area contributed by atoms with E-state index >= 15 is 0 Å². The molecule has 0 aromatic heterocycles. The lowest BCUT2D eigenvalue weighted by Crippen LogP contribution is -2.26. The Bertz CT molecular complexity index is 263. The van der Waals surface area contributed by atoms with E-state index in [9.17, 15) is 0 Å². The highest BCUT2D eigenvalue weighted by Gasteiger charge is 2.08. The summed E-state index contributed by atoms with van der Waals surface area (Å²) in [5.41, 5.74) is 2.63. The molecule has 1 nitrogen and oxygen atoms in total. The first kappa shape index (κ1) is 16.2. The van der Waals surface area contributed by atoms with Crippen LogP contribution in [-0.4, -0.2) is 25.0 Å². The summed E-state index contributed by atoms with van der Waals surface area (Å²) in [5.74, 6) is 0.768. The number of likely N-dealkylation sites (N-methyl/N-ethyl adjacent to an activating group) is 1. The van der Waals surface area contributed by atoms with Crippen LogP contribution in [0.3, 0.4) is 0 Å². The van der Waals surface area contributed by atoms with Gasteiger partial charge in [0.15, 0.2) is 0 Å². The van der Waals surface area contributed by atoms with E-state index in [1.807, 2.05) is 12.2 Å². The monoisotopic (exact) mass is 235 g/mol. The topological polar surface area (TPSA) is 3.24 Å². The summed E-state index contributed by atoms with van der Waals surface area (Å²) in [6.07, 6.45) is 7.54. The zero-order chi connectivity index (χ0) is 13.3. The molecule has 0 heterocycles. The smallest absolute Gasteiger partial charge is 0.0233 e. The highest BCUT2D eigenvalue weighted by molar-refractivity contribution is 5.32. The van der Waals surface area contributed by atoms with Crippen molar-refractivity contribution >= 4 is 0 Å². The second-order valence-corrected chi connectivity index (χ2v) is 4.90.